The maximum absolute atomic E-state index is 12.6. The van der Waals surface area contributed by atoms with Crippen LogP contribution in [0.25, 0.3) is 0 Å². The van der Waals surface area contributed by atoms with Crippen LogP contribution in [0, 0.1) is 0 Å². The van der Waals surface area contributed by atoms with E-state index in [1.54, 1.807) is 54.7 Å². The van der Waals surface area contributed by atoms with Crippen LogP contribution in [-0.4, -0.2) is 23.3 Å². The van der Waals surface area contributed by atoms with Crippen LogP contribution in [0.4, 0.5) is 16.2 Å². The van der Waals surface area contributed by atoms with Crippen molar-refractivity contribution in [2.75, 3.05) is 10.6 Å². The quantitative estimate of drug-likeness (QED) is 0.214. The van der Waals surface area contributed by atoms with Gasteiger partial charge in [0.25, 0.3) is 5.91 Å². The van der Waals surface area contributed by atoms with Gasteiger partial charge in [-0.15, -0.1) is 0 Å². The van der Waals surface area contributed by atoms with E-state index >= 15 is 0 Å². The highest BCUT2D eigenvalue weighted by Crippen LogP contribution is 2.39. The van der Waals surface area contributed by atoms with E-state index in [0.717, 1.165) is 16.7 Å². The molecular weight excluding hydrogens is 488 g/mol. The molecule has 0 saturated carbocycles. The fraction of sp³-hybridized carbons (Fsp3) is 0.276. The van der Waals surface area contributed by atoms with Crippen LogP contribution in [-0.2, 0) is 10.8 Å². The number of carbonyl (C=O) groups excluding carboxylic acids is 2. The van der Waals surface area contributed by atoms with Crippen molar-refractivity contribution in [3.05, 3.63) is 87.9 Å². The lowest BCUT2D eigenvalue weighted by Gasteiger charge is -2.27. The second-order valence-electron chi connectivity index (χ2n) is 10.8. The minimum absolute atomic E-state index is 0.266. The van der Waals surface area contributed by atoms with Crippen LogP contribution in [0.1, 0.15) is 68.6 Å². The van der Waals surface area contributed by atoms with Gasteiger partial charge in [0.15, 0.2) is 0 Å². The SMILES string of the molecule is CC(C)(C)c1cc(/C=N/NC(=O)c2ccc(NC(=O)Nc3cccc(Cl)c3)cc2)cc(C(C)(C)C)c1O. The molecular formula is C29H33ClN4O3. The van der Waals surface area contributed by atoms with E-state index < -0.39 is 11.9 Å². The summed E-state index contributed by atoms with van der Waals surface area (Å²) in [5.74, 6) is -0.104. The molecule has 3 rings (SSSR count). The van der Waals surface area contributed by atoms with Crippen molar-refractivity contribution in [1.82, 2.24) is 5.43 Å². The molecule has 0 unspecified atom stereocenters. The van der Waals surface area contributed by atoms with Gasteiger partial charge in [-0.25, -0.2) is 10.2 Å². The van der Waals surface area contributed by atoms with Crippen LogP contribution in [0.3, 0.4) is 0 Å². The Labute approximate surface area is 222 Å². The molecule has 0 fully saturated rings. The zero-order chi connectivity index (χ0) is 27.4. The third-order valence-corrected chi connectivity index (χ3v) is 5.85. The fourth-order valence-corrected chi connectivity index (χ4v) is 3.86. The Bertz CT molecular complexity index is 1290. The zero-order valence-electron chi connectivity index (χ0n) is 21.9. The molecule has 37 heavy (non-hydrogen) atoms. The molecule has 0 aromatic heterocycles. The molecule has 8 heteroatoms. The lowest BCUT2D eigenvalue weighted by Crippen LogP contribution is -2.20. The molecule has 4 N–H and O–H groups in total. The molecule has 3 aromatic rings. The van der Waals surface area contributed by atoms with Crippen molar-refractivity contribution in [3.63, 3.8) is 0 Å². The first-order chi connectivity index (χ1) is 17.2. The first kappa shape index (κ1) is 27.7. The predicted molar refractivity (Wildman–Crippen MR) is 151 cm³/mol. The van der Waals surface area contributed by atoms with E-state index in [1.165, 1.54) is 0 Å². The maximum Gasteiger partial charge on any atom is 0.323 e. The van der Waals surface area contributed by atoms with Crippen molar-refractivity contribution in [2.24, 2.45) is 5.10 Å². The standard InChI is InChI=1S/C29H33ClN4O3/c1-28(2,3)23-14-18(15-24(25(23)35)29(4,5)6)17-31-34-26(36)19-10-12-21(13-11-19)32-27(37)33-22-9-7-8-20(30)16-22/h7-17,35H,1-6H3,(H,34,36)(H2,32,33,37)/b31-17+. The molecule has 3 amide bonds. The lowest BCUT2D eigenvalue weighted by atomic mass is 9.78. The number of halogens is 1. The number of hydrazone groups is 1. The third kappa shape index (κ3) is 7.57. The molecule has 0 aliphatic heterocycles. The molecule has 0 aliphatic rings. The van der Waals surface area contributed by atoms with Crippen molar-refractivity contribution in [1.29, 1.82) is 0 Å². The summed E-state index contributed by atoms with van der Waals surface area (Å²) in [7, 11) is 0. The van der Waals surface area contributed by atoms with Gasteiger partial charge in [0, 0.05) is 33.1 Å². The monoisotopic (exact) mass is 520 g/mol. The van der Waals surface area contributed by atoms with Gasteiger partial charge < -0.3 is 15.7 Å². The van der Waals surface area contributed by atoms with Crippen molar-refractivity contribution in [2.45, 2.75) is 52.4 Å². The summed E-state index contributed by atoms with van der Waals surface area (Å²) in [6, 6.07) is 16.6. The Hall–Kier alpha value is -3.84. The Morgan fingerprint density at radius 1 is 0.838 bits per heavy atom. The highest BCUT2D eigenvalue weighted by Gasteiger charge is 2.26. The summed E-state index contributed by atoms with van der Waals surface area (Å²) in [5, 5.41) is 20.9. The highest BCUT2D eigenvalue weighted by molar-refractivity contribution is 6.30. The Morgan fingerprint density at radius 3 is 1.95 bits per heavy atom. The molecule has 0 radical (unpaired) electrons. The molecule has 3 aromatic carbocycles. The van der Waals surface area contributed by atoms with Crippen LogP contribution in [0.5, 0.6) is 5.75 Å². The molecule has 194 valence electrons. The van der Waals surface area contributed by atoms with Gasteiger partial charge in [-0.05, 0) is 71.0 Å². The topological polar surface area (TPSA) is 103 Å². The Kier molecular flexibility index (Phi) is 8.28. The summed E-state index contributed by atoms with van der Waals surface area (Å²) in [6.45, 7) is 12.2. The summed E-state index contributed by atoms with van der Waals surface area (Å²) in [4.78, 5) is 24.8. The number of nitrogens with zero attached hydrogens (tertiary/aromatic N) is 1. The second-order valence-corrected chi connectivity index (χ2v) is 11.3. The summed E-state index contributed by atoms with van der Waals surface area (Å²) < 4.78 is 0. The summed E-state index contributed by atoms with van der Waals surface area (Å²) >= 11 is 5.93. The smallest absolute Gasteiger partial charge is 0.323 e. The summed E-state index contributed by atoms with van der Waals surface area (Å²) in [6.07, 6.45) is 1.57. The molecule has 7 nitrogen and oxygen atoms in total. The zero-order valence-corrected chi connectivity index (χ0v) is 22.7. The normalized spacial score (nSPS) is 11.9. The second kappa shape index (κ2) is 11.0. The molecule has 0 saturated heterocycles. The van der Waals surface area contributed by atoms with E-state index in [-0.39, 0.29) is 16.6 Å². The average Bonchev–Trinajstić information content (AvgIpc) is 2.78. The lowest BCUT2D eigenvalue weighted by molar-refractivity contribution is 0.0955. The van der Waals surface area contributed by atoms with Gasteiger partial charge in [-0.3, -0.25) is 4.79 Å². The van der Waals surface area contributed by atoms with Gasteiger partial charge in [0.2, 0.25) is 0 Å². The number of hydrogen-bond acceptors (Lipinski definition) is 4. The van der Waals surface area contributed by atoms with Gasteiger partial charge >= 0.3 is 6.03 Å². The van der Waals surface area contributed by atoms with E-state index in [4.69, 9.17) is 11.6 Å². The molecule has 0 atom stereocenters. The van der Waals surface area contributed by atoms with Crippen molar-refractivity contribution >= 4 is 41.1 Å². The number of phenols is 1. The third-order valence-electron chi connectivity index (χ3n) is 5.62. The predicted octanol–water partition coefficient (Wildman–Crippen LogP) is 7.05. The highest BCUT2D eigenvalue weighted by atomic mass is 35.5. The first-order valence-corrected chi connectivity index (χ1v) is 12.3. The Morgan fingerprint density at radius 2 is 1.41 bits per heavy atom. The molecule has 0 heterocycles. The fourth-order valence-electron chi connectivity index (χ4n) is 3.67. The van der Waals surface area contributed by atoms with E-state index in [1.807, 2.05) is 53.7 Å². The van der Waals surface area contributed by atoms with Crippen LogP contribution >= 0.6 is 11.6 Å². The number of rotatable bonds is 5. The number of hydrogen-bond donors (Lipinski definition) is 4. The van der Waals surface area contributed by atoms with Crippen LogP contribution < -0.4 is 16.1 Å². The van der Waals surface area contributed by atoms with E-state index in [0.29, 0.717) is 22.0 Å². The number of urea groups is 1. The van der Waals surface area contributed by atoms with Gasteiger partial charge in [0.05, 0.1) is 6.21 Å². The Balaban J connectivity index is 1.66. The summed E-state index contributed by atoms with van der Waals surface area (Å²) in [5.41, 5.74) is 5.88. The number of phenolic OH excluding ortho intramolecular Hbond substituents is 1. The number of amides is 3. The molecule has 0 spiro atoms. The van der Waals surface area contributed by atoms with E-state index in [9.17, 15) is 14.7 Å². The van der Waals surface area contributed by atoms with Gasteiger partial charge in [-0.2, -0.15) is 5.10 Å². The first-order valence-electron chi connectivity index (χ1n) is 11.9. The van der Waals surface area contributed by atoms with Crippen molar-refractivity contribution < 1.29 is 14.7 Å². The molecule has 0 aliphatic carbocycles. The maximum atomic E-state index is 12.6. The number of nitrogens with one attached hydrogen (secondary N) is 3. The van der Waals surface area contributed by atoms with Crippen LogP contribution in [0.15, 0.2) is 65.8 Å². The van der Waals surface area contributed by atoms with Gasteiger partial charge in [0.1, 0.15) is 5.75 Å². The minimum atomic E-state index is -0.429. The largest absolute Gasteiger partial charge is 0.507 e. The van der Waals surface area contributed by atoms with Crippen LogP contribution in [0.2, 0.25) is 5.02 Å². The average molecular weight is 521 g/mol. The van der Waals surface area contributed by atoms with Crippen molar-refractivity contribution in [3.8, 4) is 5.75 Å². The number of anilines is 2. The number of aromatic hydroxyl groups is 1. The molecule has 0 bridgehead atoms. The van der Waals surface area contributed by atoms with Gasteiger partial charge in [-0.1, -0.05) is 59.2 Å². The van der Waals surface area contributed by atoms with E-state index in [2.05, 4.69) is 21.2 Å². The number of benzene rings is 3. The minimum Gasteiger partial charge on any atom is -0.507 e. The number of carbonyl (C=O) groups is 2.